The molecule has 0 saturated heterocycles. The summed E-state index contributed by atoms with van der Waals surface area (Å²) < 4.78 is 13.8. The summed E-state index contributed by atoms with van der Waals surface area (Å²) >= 11 is 3.43. The Labute approximate surface area is 217 Å². The van der Waals surface area contributed by atoms with E-state index in [1.165, 1.54) is 4.68 Å². The zero-order valence-electron chi connectivity index (χ0n) is 20.4. The molecule has 3 aromatic carbocycles. The van der Waals surface area contributed by atoms with Crippen molar-refractivity contribution in [3.05, 3.63) is 98.0 Å². The fourth-order valence-electron chi connectivity index (χ4n) is 3.72. The quantitative estimate of drug-likeness (QED) is 0.286. The minimum Gasteiger partial charge on any atom is -0.493 e. The molecule has 1 aromatic heterocycles. The minimum atomic E-state index is -0.438. The van der Waals surface area contributed by atoms with Gasteiger partial charge in [-0.05, 0) is 36.4 Å². The molecule has 0 aliphatic rings. The first-order valence-electron chi connectivity index (χ1n) is 11.3. The van der Waals surface area contributed by atoms with Crippen LogP contribution in [0, 0.1) is 11.3 Å². The molecule has 0 atom stereocenters. The van der Waals surface area contributed by atoms with Crippen LogP contribution in [0.1, 0.15) is 43.3 Å². The van der Waals surface area contributed by atoms with E-state index in [9.17, 15) is 10.1 Å². The molecule has 8 heteroatoms. The van der Waals surface area contributed by atoms with Crippen molar-refractivity contribution in [3.63, 3.8) is 0 Å². The zero-order chi connectivity index (χ0) is 25.9. The number of nitriles is 1. The number of ether oxygens (including phenoxy) is 2. The number of aromatic nitrogens is 2. The molecule has 0 aliphatic carbocycles. The number of halogens is 1. The van der Waals surface area contributed by atoms with E-state index < -0.39 is 5.41 Å². The van der Waals surface area contributed by atoms with Gasteiger partial charge in [0.25, 0.3) is 5.56 Å². The first-order chi connectivity index (χ1) is 17.2. The van der Waals surface area contributed by atoms with Crippen molar-refractivity contribution in [2.75, 3.05) is 7.11 Å². The highest BCUT2D eigenvalue weighted by Crippen LogP contribution is 2.31. The molecule has 4 rings (SSSR count). The van der Waals surface area contributed by atoms with Crippen molar-refractivity contribution in [2.45, 2.75) is 32.8 Å². The summed E-state index contributed by atoms with van der Waals surface area (Å²) in [6, 6.07) is 20.3. The van der Waals surface area contributed by atoms with Crippen molar-refractivity contribution in [3.8, 4) is 17.6 Å². The fourth-order valence-corrected chi connectivity index (χ4v) is 4.08. The lowest BCUT2D eigenvalue weighted by atomic mass is 9.95. The van der Waals surface area contributed by atoms with E-state index in [2.05, 4.69) is 27.1 Å². The second-order valence-corrected chi connectivity index (χ2v) is 10.1. The number of methoxy groups -OCH3 is 1. The minimum absolute atomic E-state index is 0.170. The largest absolute Gasteiger partial charge is 0.493 e. The lowest BCUT2D eigenvalue weighted by molar-refractivity contribution is 0.284. The highest BCUT2D eigenvalue weighted by molar-refractivity contribution is 9.10. The summed E-state index contributed by atoms with van der Waals surface area (Å²) in [5.41, 5.74) is 1.82. The van der Waals surface area contributed by atoms with Crippen molar-refractivity contribution in [1.29, 1.82) is 5.26 Å². The lowest BCUT2D eigenvalue weighted by Crippen LogP contribution is -2.29. The first-order valence-corrected chi connectivity index (χ1v) is 12.1. The van der Waals surface area contributed by atoms with Gasteiger partial charge in [-0.15, -0.1) is 0 Å². The Morgan fingerprint density at radius 3 is 2.64 bits per heavy atom. The maximum absolute atomic E-state index is 13.5. The second-order valence-electron chi connectivity index (χ2n) is 9.14. The number of fused-ring (bicyclic) bond motifs is 1. The van der Waals surface area contributed by atoms with Gasteiger partial charge in [-0.1, -0.05) is 61.0 Å². The molecule has 182 valence electrons. The smallest absolute Gasteiger partial charge is 0.282 e. The molecule has 0 saturated carbocycles. The van der Waals surface area contributed by atoms with Gasteiger partial charge in [0.05, 0.1) is 35.9 Å². The molecular weight excluding hydrogens is 520 g/mol. The van der Waals surface area contributed by atoms with Crippen LogP contribution in [0.4, 0.5) is 0 Å². The number of hydrogen-bond donors (Lipinski definition) is 0. The van der Waals surface area contributed by atoms with Gasteiger partial charge >= 0.3 is 0 Å². The van der Waals surface area contributed by atoms with Gasteiger partial charge in [-0.3, -0.25) is 4.79 Å². The highest BCUT2D eigenvalue weighted by Gasteiger charge is 2.23. The Bertz CT molecular complexity index is 1560. The third kappa shape index (κ3) is 5.16. The monoisotopic (exact) mass is 544 g/mol. The summed E-state index contributed by atoms with van der Waals surface area (Å²) in [5, 5.41) is 14.4. The van der Waals surface area contributed by atoms with Crippen LogP contribution in [-0.4, -0.2) is 23.0 Å². The molecule has 4 aromatic rings. The third-order valence-corrected chi connectivity index (χ3v) is 6.02. The van der Waals surface area contributed by atoms with E-state index >= 15 is 0 Å². The Hall–Kier alpha value is -3.96. The van der Waals surface area contributed by atoms with Crippen LogP contribution in [0.3, 0.4) is 0 Å². The fraction of sp³-hybridized carbons (Fsp3) is 0.214. The normalized spacial score (nSPS) is 11.6. The summed E-state index contributed by atoms with van der Waals surface area (Å²) in [4.78, 5) is 18.2. The van der Waals surface area contributed by atoms with E-state index in [1.807, 2.05) is 63.2 Å². The standard InChI is InChI=1S/C28H25BrN4O3/c1-28(2,3)27-32-23-13-12-21(29)14-22(23)26(34)33(27)31-16-19-10-7-11-24(35-4)25(19)36-17-20-9-6-5-8-18(20)15-30/h5-14,16H,17H2,1-4H3. The molecule has 0 radical (unpaired) electrons. The van der Waals surface area contributed by atoms with E-state index in [0.29, 0.717) is 39.4 Å². The lowest BCUT2D eigenvalue weighted by Gasteiger charge is -2.21. The van der Waals surface area contributed by atoms with Crippen LogP contribution in [0.15, 0.2) is 75.0 Å². The Balaban J connectivity index is 1.80. The molecule has 0 bridgehead atoms. The predicted molar refractivity (Wildman–Crippen MR) is 144 cm³/mol. The maximum Gasteiger partial charge on any atom is 0.282 e. The summed E-state index contributed by atoms with van der Waals surface area (Å²) in [7, 11) is 1.56. The van der Waals surface area contributed by atoms with Crippen LogP contribution >= 0.6 is 15.9 Å². The average Bonchev–Trinajstić information content (AvgIpc) is 2.86. The predicted octanol–water partition coefficient (Wildman–Crippen LogP) is 5.80. The molecule has 0 aliphatic heterocycles. The first kappa shape index (κ1) is 25.1. The van der Waals surface area contributed by atoms with Gasteiger partial charge in [0.2, 0.25) is 0 Å². The van der Waals surface area contributed by atoms with E-state index in [0.717, 1.165) is 10.0 Å². The number of hydrogen-bond acceptors (Lipinski definition) is 6. The summed E-state index contributed by atoms with van der Waals surface area (Å²) in [6.45, 7) is 6.12. The van der Waals surface area contributed by atoms with E-state index in [4.69, 9.17) is 14.5 Å². The molecule has 0 N–H and O–H groups in total. The topological polar surface area (TPSA) is 89.5 Å². The number of benzene rings is 3. The molecule has 0 amide bonds. The van der Waals surface area contributed by atoms with Crippen molar-refractivity contribution in [1.82, 2.24) is 9.66 Å². The zero-order valence-corrected chi connectivity index (χ0v) is 22.0. The van der Waals surface area contributed by atoms with Crippen LogP contribution < -0.4 is 15.0 Å². The maximum atomic E-state index is 13.5. The molecule has 7 nitrogen and oxygen atoms in total. The summed E-state index contributed by atoms with van der Waals surface area (Å²) in [5.74, 6) is 1.50. The number of nitrogens with zero attached hydrogens (tertiary/aromatic N) is 4. The molecule has 1 heterocycles. The summed E-state index contributed by atoms with van der Waals surface area (Å²) in [6.07, 6.45) is 1.57. The van der Waals surface area contributed by atoms with Gasteiger partial charge in [0.1, 0.15) is 12.4 Å². The Kier molecular flexibility index (Phi) is 7.22. The second kappa shape index (κ2) is 10.3. The van der Waals surface area contributed by atoms with Gasteiger partial charge < -0.3 is 9.47 Å². The Morgan fingerprint density at radius 2 is 1.92 bits per heavy atom. The van der Waals surface area contributed by atoms with Crippen LogP contribution in [0.25, 0.3) is 10.9 Å². The molecule has 36 heavy (non-hydrogen) atoms. The molecule has 0 spiro atoms. The van der Waals surface area contributed by atoms with Crippen molar-refractivity contribution >= 4 is 33.0 Å². The molecule has 0 unspecified atom stereocenters. The van der Waals surface area contributed by atoms with E-state index in [-0.39, 0.29) is 12.2 Å². The van der Waals surface area contributed by atoms with Crippen LogP contribution in [0.2, 0.25) is 0 Å². The molecule has 0 fully saturated rings. The van der Waals surface area contributed by atoms with Crippen molar-refractivity contribution in [2.24, 2.45) is 5.10 Å². The van der Waals surface area contributed by atoms with Crippen LogP contribution in [0.5, 0.6) is 11.5 Å². The molecular formula is C28H25BrN4O3. The van der Waals surface area contributed by atoms with Gasteiger partial charge in [0, 0.05) is 21.0 Å². The van der Waals surface area contributed by atoms with Gasteiger partial charge in [0.15, 0.2) is 11.5 Å². The Morgan fingerprint density at radius 1 is 1.14 bits per heavy atom. The van der Waals surface area contributed by atoms with Crippen LogP contribution in [-0.2, 0) is 12.0 Å². The van der Waals surface area contributed by atoms with Crippen molar-refractivity contribution < 1.29 is 9.47 Å². The van der Waals surface area contributed by atoms with Gasteiger partial charge in [-0.2, -0.15) is 15.0 Å². The third-order valence-electron chi connectivity index (χ3n) is 5.53. The number of rotatable bonds is 6. The van der Waals surface area contributed by atoms with E-state index in [1.54, 1.807) is 31.5 Å². The van der Waals surface area contributed by atoms with Gasteiger partial charge in [-0.25, -0.2) is 4.98 Å². The highest BCUT2D eigenvalue weighted by atomic mass is 79.9. The average molecular weight is 545 g/mol. The number of para-hydroxylation sites is 1. The SMILES string of the molecule is COc1cccc(C=Nn2c(C(C)(C)C)nc3ccc(Br)cc3c2=O)c1OCc1ccccc1C#N.